The van der Waals surface area contributed by atoms with Gasteiger partial charge in [-0.15, -0.1) is 0 Å². The normalized spacial score (nSPS) is 19.4. The molecule has 1 heterocycles. The monoisotopic (exact) mass is 296 g/mol. The molecule has 2 N–H and O–H groups in total. The lowest BCUT2D eigenvalue weighted by Gasteiger charge is -2.24. The lowest BCUT2D eigenvalue weighted by Crippen LogP contribution is -2.29. The first-order valence-corrected chi connectivity index (χ1v) is 7.04. The average molecular weight is 297 g/mol. The average Bonchev–Trinajstić information content (AvgIpc) is 3.15. The molecule has 2 aliphatic rings. The summed E-state index contributed by atoms with van der Waals surface area (Å²) in [6.45, 7) is 2.23. The Kier molecular flexibility index (Phi) is 2.94. The molecule has 4 nitrogen and oxygen atoms in total. The fourth-order valence-electron chi connectivity index (χ4n) is 2.06. The van der Waals surface area contributed by atoms with Gasteiger partial charge in [-0.3, -0.25) is 0 Å². The quantitative estimate of drug-likeness (QED) is 0.907. The second-order valence-corrected chi connectivity index (χ2v) is 6.05. The van der Waals surface area contributed by atoms with Crippen molar-refractivity contribution in [1.29, 1.82) is 0 Å². The summed E-state index contributed by atoms with van der Waals surface area (Å²) >= 11 is 3.53. The van der Waals surface area contributed by atoms with Gasteiger partial charge in [-0.25, -0.2) is 4.98 Å². The van der Waals surface area contributed by atoms with E-state index in [2.05, 4.69) is 30.8 Å². The fraction of sp³-hybridized carbons (Fsp3) is 0.667. The summed E-state index contributed by atoms with van der Waals surface area (Å²) in [5.74, 6) is 3.05. The van der Waals surface area contributed by atoms with Crippen LogP contribution in [0.4, 0.5) is 11.8 Å². The number of rotatable bonds is 5. The number of nitrogen functional groups attached to an aromatic ring is 1. The Morgan fingerprint density at radius 1 is 1.24 bits per heavy atom. The molecular weight excluding hydrogens is 280 g/mol. The molecule has 0 bridgehead atoms. The summed E-state index contributed by atoms with van der Waals surface area (Å²) < 4.78 is 0.952. The summed E-state index contributed by atoms with van der Waals surface area (Å²) in [6, 6.07) is 0. The van der Waals surface area contributed by atoms with E-state index in [0.717, 1.165) is 35.2 Å². The Balaban J connectivity index is 1.80. The van der Waals surface area contributed by atoms with Crippen molar-refractivity contribution >= 4 is 27.7 Å². The van der Waals surface area contributed by atoms with Gasteiger partial charge in [0.25, 0.3) is 0 Å². The molecule has 0 spiro atoms. The number of aromatic nitrogens is 2. The highest BCUT2D eigenvalue weighted by atomic mass is 79.9. The number of hydrogen-bond acceptors (Lipinski definition) is 4. The number of halogens is 1. The van der Waals surface area contributed by atoms with Crippen LogP contribution in [0.3, 0.4) is 0 Å². The highest BCUT2D eigenvalue weighted by Gasteiger charge is 2.30. The predicted molar refractivity (Wildman–Crippen MR) is 71.8 cm³/mol. The molecule has 5 heteroatoms. The van der Waals surface area contributed by atoms with Crippen LogP contribution in [0.15, 0.2) is 10.7 Å². The summed E-state index contributed by atoms with van der Waals surface area (Å²) in [7, 11) is 0. The summed E-state index contributed by atoms with van der Waals surface area (Å²) in [5, 5.41) is 0. The molecule has 2 aliphatic carbocycles. The first kappa shape index (κ1) is 11.3. The molecule has 92 valence electrons. The number of hydrogen-bond donors (Lipinski definition) is 1. The van der Waals surface area contributed by atoms with Crippen molar-refractivity contribution in [2.24, 2.45) is 11.8 Å². The van der Waals surface area contributed by atoms with Gasteiger partial charge in [0, 0.05) is 19.3 Å². The minimum absolute atomic E-state index is 0.361. The van der Waals surface area contributed by atoms with E-state index in [9.17, 15) is 0 Å². The fourth-order valence-corrected chi connectivity index (χ4v) is 2.51. The van der Waals surface area contributed by atoms with Gasteiger partial charge in [0.15, 0.2) is 0 Å². The molecule has 0 aromatic carbocycles. The van der Waals surface area contributed by atoms with Crippen molar-refractivity contribution in [2.75, 3.05) is 23.7 Å². The van der Waals surface area contributed by atoms with E-state index in [1.165, 1.54) is 25.7 Å². The van der Waals surface area contributed by atoms with Crippen molar-refractivity contribution in [3.8, 4) is 0 Å². The third-order valence-corrected chi connectivity index (χ3v) is 3.95. The second-order valence-electron chi connectivity index (χ2n) is 5.19. The Hall–Kier alpha value is -0.840. The van der Waals surface area contributed by atoms with Gasteiger partial charge in [-0.2, -0.15) is 4.98 Å². The third kappa shape index (κ3) is 2.89. The first-order chi connectivity index (χ1) is 8.22. The minimum Gasteiger partial charge on any atom is -0.368 e. The molecule has 2 fully saturated rings. The lowest BCUT2D eigenvalue weighted by molar-refractivity contribution is 0.669. The molecule has 0 unspecified atom stereocenters. The maximum absolute atomic E-state index is 5.69. The zero-order valence-electron chi connectivity index (χ0n) is 9.77. The lowest BCUT2D eigenvalue weighted by atomic mass is 10.3. The number of anilines is 2. The van der Waals surface area contributed by atoms with E-state index >= 15 is 0 Å². The molecule has 0 saturated heterocycles. The molecule has 2 saturated carbocycles. The Labute approximate surface area is 110 Å². The van der Waals surface area contributed by atoms with Crippen LogP contribution in [0.2, 0.25) is 0 Å². The van der Waals surface area contributed by atoms with Crippen LogP contribution >= 0.6 is 15.9 Å². The Morgan fingerprint density at radius 3 is 2.35 bits per heavy atom. The highest BCUT2D eigenvalue weighted by molar-refractivity contribution is 9.10. The topological polar surface area (TPSA) is 55.0 Å². The predicted octanol–water partition coefficient (Wildman–Crippen LogP) is 2.45. The van der Waals surface area contributed by atoms with Crippen molar-refractivity contribution in [3.63, 3.8) is 0 Å². The van der Waals surface area contributed by atoms with Crippen LogP contribution < -0.4 is 10.6 Å². The molecule has 3 rings (SSSR count). The van der Waals surface area contributed by atoms with Gasteiger partial charge in [-0.05, 0) is 53.4 Å². The van der Waals surface area contributed by atoms with Crippen molar-refractivity contribution < 1.29 is 0 Å². The van der Waals surface area contributed by atoms with Crippen LogP contribution in [-0.2, 0) is 0 Å². The number of nitrogens with two attached hydrogens (primary N) is 1. The first-order valence-electron chi connectivity index (χ1n) is 6.25. The Morgan fingerprint density at radius 2 is 1.82 bits per heavy atom. The Bertz CT molecular complexity index is 401. The molecule has 0 amide bonds. The van der Waals surface area contributed by atoms with E-state index in [1.54, 1.807) is 6.20 Å². The van der Waals surface area contributed by atoms with Crippen LogP contribution in [0.5, 0.6) is 0 Å². The van der Waals surface area contributed by atoms with Gasteiger partial charge >= 0.3 is 0 Å². The highest BCUT2D eigenvalue weighted by Crippen LogP contribution is 2.37. The van der Waals surface area contributed by atoms with Crippen LogP contribution in [0, 0.1) is 11.8 Å². The zero-order valence-corrected chi connectivity index (χ0v) is 11.4. The van der Waals surface area contributed by atoms with E-state index in [0.29, 0.717) is 5.95 Å². The third-order valence-electron chi connectivity index (χ3n) is 3.39. The van der Waals surface area contributed by atoms with Crippen molar-refractivity contribution in [2.45, 2.75) is 25.7 Å². The molecular formula is C12H17BrN4. The van der Waals surface area contributed by atoms with Crippen molar-refractivity contribution in [1.82, 2.24) is 9.97 Å². The second kappa shape index (κ2) is 4.44. The zero-order chi connectivity index (χ0) is 11.8. The van der Waals surface area contributed by atoms with Crippen LogP contribution in [0.1, 0.15) is 25.7 Å². The smallest absolute Gasteiger partial charge is 0.222 e. The minimum atomic E-state index is 0.361. The van der Waals surface area contributed by atoms with Gasteiger partial charge in [0.2, 0.25) is 5.95 Å². The molecule has 1 aromatic rings. The standard InChI is InChI=1S/C12H17BrN4/c13-10-5-15-12(14)16-11(10)17(6-8-1-2-8)7-9-3-4-9/h5,8-9H,1-4,6-7H2,(H2,14,15,16). The SMILES string of the molecule is Nc1ncc(Br)c(N(CC2CC2)CC2CC2)n1. The van der Waals surface area contributed by atoms with Crippen molar-refractivity contribution in [3.05, 3.63) is 10.7 Å². The molecule has 1 aromatic heterocycles. The van der Waals surface area contributed by atoms with Gasteiger partial charge < -0.3 is 10.6 Å². The molecule has 0 radical (unpaired) electrons. The van der Waals surface area contributed by atoms with Gasteiger partial charge in [0.1, 0.15) is 5.82 Å². The largest absolute Gasteiger partial charge is 0.368 e. The van der Waals surface area contributed by atoms with Crippen LogP contribution in [-0.4, -0.2) is 23.1 Å². The summed E-state index contributed by atoms with van der Waals surface area (Å²) in [4.78, 5) is 10.8. The van der Waals surface area contributed by atoms with E-state index in [1.807, 2.05) is 0 Å². The van der Waals surface area contributed by atoms with E-state index in [-0.39, 0.29) is 0 Å². The van der Waals surface area contributed by atoms with Gasteiger partial charge in [-0.1, -0.05) is 0 Å². The molecule has 0 aliphatic heterocycles. The van der Waals surface area contributed by atoms with Crippen LogP contribution in [0.25, 0.3) is 0 Å². The maximum Gasteiger partial charge on any atom is 0.222 e. The summed E-state index contributed by atoms with van der Waals surface area (Å²) in [5.41, 5.74) is 5.69. The van der Waals surface area contributed by atoms with Gasteiger partial charge in [0.05, 0.1) is 4.47 Å². The molecule has 0 atom stereocenters. The summed E-state index contributed by atoms with van der Waals surface area (Å²) in [6.07, 6.45) is 7.20. The number of nitrogens with zero attached hydrogens (tertiary/aromatic N) is 3. The maximum atomic E-state index is 5.69. The molecule has 17 heavy (non-hydrogen) atoms. The van der Waals surface area contributed by atoms with E-state index < -0.39 is 0 Å². The van der Waals surface area contributed by atoms with E-state index in [4.69, 9.17) is 5.73 Å².